The quantitative estimate of drug-likeness (QED) is 0.799. The summed E-state index contributed by atoms with van der Waals surface area (Å²) < 4.78 is 23.8. The second-order valence-electron chi connectivity index (χ2n) is 7.23. The molecule has 0 aromatic heterocycles. The molecule has 2 aromatic carbocycles. The van der Waals surface area contributed by atoms with Crippen molar-refractivity contribution in [2.75, 3.05) is 6.61 Å². The Morgan fingerprint density at radius 2 is 1.79 bits per heavy atom. The van der Waals surface area contributed by atoms with E-state index in [1.165, 1.54) is 6.92 Å². The molecule has 0 radical (unpaired) electrons. The summed E-state index contributed by atoms with van der Waals surface area (Å²) in [5, 5.41) is 13.7. The Morgan fingerprint density at radius 3 is 2.48 bits per heavy atom. The van der Waals surface area contributed by atoms with Crippen molar-refractivity contribution in [3.63, 3.8) is 0 Å². The molecule has 0 saturated carbocycles. The lowest BCUT2D eigenvalue weighted by Gasteiger charge is -2.47. The molecule has 2 fully saturated rings. The molecule has 0 spiro atoms. The van der Waals surface area contributed by atoms with Crippen LogP contribution >= 0.6 is 0 Å². The summed E-state index contributed by atoms with van der Waals surface area (Å²) >= 11 is 0. The summed E-state index contributed by atoms with van der Waals surface area (Å²) in [4.78, 5) is 11.7. The van der Waals surface area contributed by atoms with Crippen LogP contribution in [0.25, 0.3) is 0 Å². The molecule has 1 unspecified atom stereocenters. The van der Waals surface area contributed by atoms with E-state index in [0.717, 1.165) is 11.1 Å². The SMILES string of the molecule is CC(=O)N[C@@H]1[C@H](OCc2ccccc2)O[C@H]2COC(c3ccccc3)O[C@@H]2[C@H]1O. The number of carbonyl (C=O) groups is 1. The molecule has 4 rings (SSSR count). The number of fused-ring (bicyclic) bond motifs is 1. The maximum atomic E-state index is 11.7. The molecule has 2 heterocycles. The van der Waals surface area contributed by atoms with Gasteiger partial charge in [0.2, 0.25) is 5.91 Å². The molecule has 1 amide bonds. The highest BCUT2D eigenvalue weighted by atomic mass is 16.7. The molecule has 2 N–H and O–H groups in total. The third-order valence-corrected chi connectivity index (χ3v) is 5.06. The largest absolute Gasteiger partial charge is 0.388 e. The lowest BCUT2D eigenvalue weighted by molar-refractivity contribution is -0.345. The van der Waals surface area contributed by atoms with Gasteiger partial charge in [-0.2, -0.15) is 0 Å². The zero-order valence-corrected chi connectivity index (χ0v) is 16.1. The molecule has 0 bridgehead atoms. The van der Waals surface area contributed by atoms with E-state index < -0.39 is 36.9 Å². The average molecular weight is 399 g/mol. The summed E-state index contributed by atoms with van der Waals surface area (Å²) in [7, 11) is 0. The summed E-state index contributed by atoms with van der Waals surface area (Å²) in [6, 6.07) is 18.4. The number of carbonyl (C=O) groups excluding carboxylic acids is 1. The van der Waals surface area contributed by atoms with Crippen molar-refractivity contribution in [3.05, 3.63) is 71.8 Å². The Bertz CT molecular complexity index is 801. The summed E-state index contributed by atoms with van der Waals surface area (Å²) in [5.74, 6) is -0.281. The molecular formula is C22H25NO6. The molecular weight excluding hydrogens is 374 g/mol. The third-order valence-electron chi connectivity index (χ3n) is 5.06. The first-order valence-corrected chi connectivity index (χ1v) is 9.70. The van der Waals surface area contributed by atoms with E-state index in [1.807, 2.05) is 60.7 Å². The molecule has 2 saturated heterocycles. The van der Waals surface area contributed by atoms with E-state index in [1.54, 1.807) is 0 Å². The van der Waals surface area contributed by atoms with Crippen LogP contribution in [-0.4, -0.2) is 48.3 Å². The fourth-order valence-corrected chi connectivity index (χ4v) is 3.65. The smallest absolute Gasteiger partial charge is 0.217 e. The Labute approximate surface area is 169 Å². The second-order valence-corrected chi connectivity index (χ2v) is 7.23. The molecule has 2 aliphatic rings. The van der Waals surface area contributed by atoms with Crippen LogP contribution < -0.4 is 5.32 Å². The number of benzene rings is 2. The number of nitrogens with one attached hydrogen (secondary N) is 1. The first kappa shape index (κ1) is 20.0. The Kier molecular flexibility index (Phi) is 6.22. The number of ether oxygens (including phenoxy) is 4. The third kappa shape index (κ3) is 4.66. The van der Waals surface area contributed by atoms with Gasteiger partial charge in [0.15, 0.2) is 12.6 Å². The summed E-state index contributed by atoms with van der Waals surface area (Å²) in [6.07, 6.45) is -3.59. The van der Waals surface area contributed by atoms with Crippen LogP contribution in [0.3, 0.4) is 0 Å². The molecule has 2 aliphatic heterocycles. The molecule has 29 heavy (non-hydrogen) atoms. The molecule has 154 valence electrons. The maximum Gasteiger partial charge on any atom is 0.217 e. The van der Waals surface area contributed by atoms with Crippen LogP contribution in [0.15, 0.2) is 60.7 Å². The van der Waals surface area contributed by atoms with E-state index in [2.05, 4.69) is 5.32 Å². The van der Waals surface area contributed by atoms with Gasteiger partial charge in [-0.3, -0.25) is 4.79 Å². The summed E-state index contributed by atoms with van der Waals surface area (Å²) in [6.45, 7) is 1.93. The van der Waals surface area contributed by atoms with Gasteiger partial charge in [-0.25, -0.2) is 0 Å². The first-order chi connectivity index (χ1) is 14.1. The van der Waals surface area contributed by atoms with Gasteiger partial charge < -0.3 is 29.4 Å². The predicted molar refractivity (Wildman–Crippen MR) is 104 cm³/mol. The van der Waals surface area contributed by atoms with Gasteiger partial charge in [0, 0.05) is 12.5 Å². The zero-order chi connectivity index (χ0) is 20.2. The monoisotopic (exact) mass is 399 g/mol. The highest BCUT2D eigenvalue weighted by Gasteiger charge is 2.50. The number of hydrogen-bond acceptors (Lipinski definition) is 6. The van der Waals surface area contributed by atoms with Crippen molar-refractivity contribution in [2.45, 2.75) is 50.5 Å². The van der Waals surface area contributed by atoms with Crippen LogP contribution in [0.4, 0.5) is 0 Å². The van der Waals surface area contributed by atoms with Crippen LogP contribution in [-0.2, 0) is 30.3 Å². The van der Waals surface area contributed by atoms with E-state index in [-0.39, 0.29) is 12.5 Å². The van der Waals surface area contributed by atoms with E-state index >= 15 is 0 Å². The van der Waals surface area contributed by atoms with Crippen LogP contribution in [0, 0.1) is 0 Å². The number of aliphatic hydroxyl groups is 1. The molecule has 7 nitrogen and oxygen atoms in total. The Hall–Kier alpha value is -2.29. The highest BCUT2D eigenvalue weighted by Crippen LogP contribution is 2.34. The lowest BCUT2D eigenvalue weighted by Crippen LogP contribution is -2.66. The average Bonchev–Trinajstić information content (AvgIpc) is 2.75. The Balaban J connectivity index is 1.48. The maximum absolute atomic E-state index is 11.7. The topological polar surface area (TPSA) is 86.3 Å². The molecule has 2 aromatic rings. The van der Waals surface area contributed by atoms with Gasteiger partial charge in [0.05, 0.1) is 13.2 Å². The van der Waals surface area contributed by atoms with Crippen molar-refractivity contribution in [3.8, 4) is 0 Å². The molecule has 0 aliphatic carbocycles. The number of hydrogen-bond donors (Lipinski definition) is 2. The fourth-order valence-electron chi connectivity index (χ4n) is 3.65. The zero-order valence-electron chi connectivity index (χ0n) is 16.1. The highest BCUT2D eigenvalue weighted by molar-refractivity contribution is 5.73. The predicted octanol–water partition coefficient (Wildman–Crippen LogP) is 1.91. The summed E-state index contributed by atoms with van der Waals surface area (Å²) in [5.41, 5.74) is 1.83. The molecule has 7 heteroatoms. The number of aliphatic hydroxyl groups excluding tert-OH is 1. The lowest BCUT2D eigenvalue weighted by atomic mass is 9.95. The van der Waals surface area contributed by atoms with Gasteiger partial charge >= 0.3 is 0 Å². The van der Waals surface area contributed by atoms with Crippen LogP contribution in [0.2, 0.25) is 0 Å². The standard InChI is InChI=1S/C22H25NO6/c1-14(24)23-18-19(25)20-17(13-27-21(29-20)16-10-6-3-7-11-16)28-22(18)26-12-15-8-4-2-5-9-15/h2-11,17-22,25H,12-13H2,1H3,(H,23,24)/t17-,18-,19-,20-,21?,22+/m0/s1. The number of rotatable bonds is 5. The minimum Gasteiger partial charge on any atom is -0.388 e. The van der Waals surface area contributed by atoms with Crippen molar-refractivity contribution >= 4 is 5.91 Å². The minimum atomic E-state index is -1.01. The van der Waals surface area contributed by atoms with Gasteiger partial charge in [-0.05, 0) is 5.56 Å². The Morgan fingerprint density at radius 1 is 1.10 bits per heavy atom. The van der Waals surface area contributed by atoms with Gasteiger partial charge in [-0.15, -0.1) is 0 Å². The van der Waals surface area contributed by atoms with Crippen LogP contribution in [0.1, 0.15) is 24.3 Å². The first-order valence-electron chi connectivity index (χ1n) is 9.70. The molecule has 6 atom stereocenters. The van der Waals surface area contributed by atoms with Crippen molar-refractivity contribution < 1.29 is 28.8 Å². The van der Waals surface area contributed by atoms with Crippen LogP contribution in [0.5, 0.6) is 0 Å². The van der Waals surface area contributed by atoms with Crippen molar-refractivity contribution in [2.24, 2.45) is 0 Å². The van der Waals surface area contributed by atoms with Gasteiger partial charge in [0.1, 0.15) is 24.4 Å². The minimum absolute atomic E-state index is 0.249. The van der Waals surface area contributed by atoms with Gasteiger partial charge in [-0.1, -0.05) is 60.7 Å². The van der Waals surface area contributed by atoms with E-state index in [0.29, 0.717) is 6.61 Å². The normalized spacial score (nSPS) is 31.7. The van der Waals surface area contributed by atoms with Crippen molar-refractivity contribution in [1.82, 2.24) is 5.32 Å². The van der Waals surface area contributed by atoms with Crippen molar-refractivity contribution in [1.29, 1.82) is 0 Å². The van der Waals surface area contributed by atoms with E-state index in [9.17, 15) is 9.90 Å². The number of amides is 1. The van der Waals surface area contributed by atoms with Gasteiger partial charge in [0.25, 0.3) is 0 Å². The fraction of sp³-hybridized carbons (Fsp3) is 0.409. The second kappa shape index (κ2) is 9.02. The van der Waals surface area contributed by atoms with E-state index in [4.69, 9.17) is 18.9 Å².